The van der Waals surface area contributed by atoms with Crippen LogP contribution in [0.25, 0.3) is 0 Å². The third-order valence-electron chi connectivity index (χ3n) is 3.23. The first kappa shape index (κ1) is 7.56. The predicted octanol–water partition coefficient (Wildman–Crippen LogP) is 1.03. The van der Waals surface area contributed by atoms with Gasteiger partial charge in [0.2, 0.25) is 0 Å². The van der Waals surface area contributed by atoms with Crippen molar-refractivity contribution >= 4 is 0 Å². The molecule has 2 nitrogen and oxygen atoms in total. The molecule has 0 amide bonds. The van der Waals surface area contributed by atoms with Gasteiger partial charge in [-0.1, -0.05) is 0 Å². The predicted molar refractivity (Wildman–Crippen MR) is 44.1 cm³/mol. The van der Waals surface area contributed by atoms with Crippen molar-refractivity contribution in [1.82, 2.24) is 0 Å². The Morgan fingerprint density at radius 3 is 2.09 bits per heavy atom. The smallest absolute Gasteiger partial charge is 0.0677 e. The van der Waals surface area contributed by atoms with Gasteiger partial charge in [-0.05, 0) is 44.4 Å². The van der Waals surface area contributed by atoms with Crippen LogP contribution in [0.1, 0.15) is 38.5 Å². The molecular formula is C9H17NO. The number of hydrogen-bond acceptors (Lipinski definition) is 2. The van der Waals surface area contributed by atoms with Gasteiger partial charge in [0.1, 0.15) is 0 Å². The highest BCUT2D eigenvalue weighted by atomic mass is 16.3. The summed E-state index contributed by atoms with van der Waals surface area (Å²) < 4.78 is 0. The van der Waals surface area contributed by atoms with Gasteiger partial charge in [0.15, 0.2) is 0 Å². The molecule has 0 aromatic carbocycles. The van der Waals surface area contributed by atoms with Crippen molar-refractivity contribution in [2.24, 2.45) is 11.7 Å². The maximum absolute atomic E-state index is 10.1. The van der Waals surface area contributed by atoms with Crippen molar-refractivity contribution < 1.29 is 5.11 Å². The summed E-state index contributed by atoms with van der Waals surface area (Å²) in [6, 6.07) is 0.356. The Kier molecular flexibility index (Phi) is 1.69. The fourth-order valence-corrected chi connectivity index (χ4v) is 2.17. The van der Waals surface area contributed by atoms with E-state index in [4.69, 9.17) is 5.73 Å². The Labute approximate surface area is 67.8 Å². The Hall–Kier alpha value is -0.0800. The number of rotatable bonds is 1. The summed E-state index contributed by atoms with van der Waals surface area (Å²) in [7, 11) is 0. The molecule has 2 heteroatoms. The quantitative estimate of drug-likeness (QED) is 0.594. The molecule has 0 saturated heterocycles. The molecule has 2 rings (SSSR count). The first-order valence-corrected chi connectivity index (χ1v) is 4.69. The van der Waals surface area contributed by atoms with Gasteiger partial charge in [-0.3, -0.25) is 0 Å². The molecule has 0 radical (unpaired) electrons. The van der Waals surface area contributed by atoms with Crippen molar-refractivity contribution in [3.05, 3.63) is 0 Å². The zero-order valence-electron chi connectivity index (χ0n) is 6.92. The number of hydrogen-bond donors (Lipinski definition) is 2. The Bertz CT molecular complexity index is 146. The molecule has 0 aromatic heterocycles. The lowest BCUT2D eigenvalue weighted by Gasteiger charge is -2.34. The molecular weight excluding hydrogens is 138 g/mol. The van der Waals surface area contributed by atoms with E-state index in [9.17, 15) is 5.11 Å². The van der Waals surface area contributed by atoms with Crippen LogP contribution in [0.3, 0.4) is 0 Å². The summed E-state index contributed by atoms with van der Waals surface area (Å²) in [5.74, 6) is 0.620. The minimum Gasteiger partial charge on any atom is -0.390 e. The van der Waals surface area contributed by atoms with E-state index in [1.165, 1.54) is 12.8 Å². The highest BCUT2D eigenvalue weighted by Gasteiger charge is 2.44. The molecule has 0 spiro atoms. The fraction of sp³-hybridized carbons (Fsp3) is 1.00. The van der Waals surface area contributed by atoms with Crippen molar-refractivity contribution in [2.45, 2.75) is 50.2 Å². The molecule has 64 valence electrons. The second kappa shape index (κ2) is 2.46. The molecule has 0 atom stereocenters. The van der Waals surface area contributed by atoms with Crippen LogP contribution < -0.4 is 5.73 Å². The zero-order chi connectivity index (χ0) is 7.90. The van der Waals surface area contributed by atoms with Crippen LogP contribution in [0.2, 0.25) is 0 Å². The van der Waals surface area contributed by atoms with E-state index in [-0.39, 0.29) is 5.60 Å². The highest BCUT2D eigenvalue weighted by molar-refractivity contribution is 4.97. The molecule has 2 saturated carbocycles. The Balaban J connectivity index is 1.93. The topological polar surface area (TPSA) is 46.2 Å². The van der Waals surface area contributed by atoms with E-state index in [1.54, 1.807) is 0 Å². The van der Waals surface area contributed by atoms with E-state index in [2.05, 4.69) is 0 Å². The van der Waals surface area contributed by atoms with Gasteiger partial charge in [0, 0.05) is 6.04 Å². The third kappa shape index (κ3) is 1.42. The molecule has 2 aliphatic rings. The number of nitrogens with two attached hydrogens (primary N) is 1. The van der Waals surface area contributed by atoms with Crippen molar-refractivity contribution in [3.8, 4) is 0 Å². The molecule has 2 fully saturated rings. The average Bonchev–Trinajstić information content (AvgIpc) is 2.77. The van der Waals surface area contributed by atoms with Gasteiger partial charge < -0.3 is 10.8 Å². The first-order valence-electron chi connectivity index (χ1n) is 4.69. The third-order valence-corrected chi connectivity index (χ3v) is 3.23. The van der Waals surface area contributed by atoms with Crippen LogP contribution in [0.5, 0.6) is 0 Å². The van der Waals surface area contributed by atoms with Crippen LogP contribution in [0, 0.1) is 5.92 Å². The molecule has 0 unspecified atom stereocenters. The standard InChI is InChI=1S/C9H17NO/c10-8-3-5-9(11,6-4-8)7-1-2-7/h7-8,11H,1-6,10H2. The fourth-order valence-electron chi connectivity index (χ4n) is 2.17. The van der Waals surface area contributed by atoms with Gasteiger partial charge in [0.05, 0.1) is 5.60 Å². The van der Waals surface area contributed by atoms with E-state index in [0.29, 0.717) is 12.0 Å². The minimum atomic E-state index is -0.310. The van der Waals surface area contributed by atoms with Crippen molar-refractivity contribution in [2.75, 3.05) is 0 Å². The van der Waals surface area contributed by atoms with Crippen molar-refractivity contribution in [1.29, 1.82) is 0 Å². The van der Waals surface area contributed by atoms with Gasteiger partial charge in [0.25, 0.3) is 0 Å². The average molecular weight is 155 g/mol. The lowest BCUT2D eigenvalue weighted by Crippen LogP contribution is -2.40. The summed E-state index contributed by atoms with van der Waals surface area (Å²) in [5, 5.41) is 10.1. The van der Waals surface area contributed by atoms with Gasteiger partial charge in [-0.15, -0.1) is 0 Å². The Morgan fingerprint density at radius 2 is 1.64 bits per heavy atom. The molecule has 0 bridgehead atoms. The van der Waals surface area contributed by atoms with Crippen molar-refractivity contribution in [3.63, 3.8) is 0 Å². The van der Waals surface area contributed by atoms with E-state index >= 15 is 0 Å². The summed E-state index contributed by atoms with van der Waals surface area (Å²) in [4.78, 5) is 0. The van der Waals surface area contributed by atoms with E-state index in [1.807, 2.05) is 0 Å². The molecule has 2 aliphatic carbocycles. The van der Waals surface area contributed by atoms with Crippen LogP contribution in [0.15, 0.2) is 0 Å². The maximum atomic E-state index is 10.1. The molecule has 3 N–H and O–H groups in total. The summed E-state index contributed by atoms with van der Waals surface area (Å²) >= 11 is 0. The van der Waals surface area contributed by atoms with E-state index < -0.39 is 0 Å². The zero-order valence-corrected chi connectivity index (χ0v) is 6.92. The molecule has 0 aromatic rings. The lowest BCUT2D eigenvalue weighted by atomic mass is 9.79. The summed E-state index contributed by atoms with van der Waals surface area (Å²) in [6.07, 6.45) is 6.41. The molecule has 11 heavy (non-hydrogen) atoms. The number of aliphatic hydroxyl groups is 1. The van der Waals surface area contributed by atoms with Crippen LogP contribution in [-0.2, 0) is 0 Å². The van der Waals surface area contributed by atoms with Crippen LogP contribution >= 0.6 is 0 Å². The lowest BCUT2D eigenvalue weighted by molar-refractivity contribution is -0.0206. The van der Waals surface area contributed by atoms with E-state index in [0.717, 1.165) is 25.7 Å². The summed E-state index contributed by atoms with van der Waals surface area (Å²) in [6.45, 7) is 0. The van der Waals surface area contributed by atoms with Crippen LogP contribution in [0.4, 0.5) is 0 Å². The first-order chi connectivity index (χ1) is 5.21. The van der Waals surface area contributed by atoms with Gasteiger partial charge in [-0.25, -0.2) is 0 Å². The molecule has 0 heterocycles. The minimum absolute atomic E-state index is 0.310. The monoisotopic (exact) mass is 155 g/mol. The SMILES string of the molecule is NC1CCC(O)(C2CC2)CC1. The largest absolute Gasteiger partial charge is 0.390 e. The highest BCUT2D eigenvalue weighted by Crippen LogP contribution is 2.46. The maximum Gasteiger partial charge on any atom is 0.0677 e. The van der Waals surface area contributed by atoms with Gasteiger partial charge >= 0.3 is 0 Å². The molecule has 0 aliphatic heterocycles. The second-order valence-electron chi connectivity index (χ2n) is 4.22. The normalized spacial score (nSPS) is 45.8. The Morgan fingerprint density at radius 1 is 1.09 bits per heavy atom. The van der Waals surface area contributed by atoms with Crippen LogP contribution in [-0.4, -0.2) is 16.7 Å². The second-order valence-corrected chi connectivity index (χ2v) is 4.22. The van der Waals surface area contributed by atoms with Gasteiger partial charge in [-0.2, -0.15) is 0 Å². The summed E-state index contributed by atoms with van der Waals surface area (Å²) in [5.41, 5.74) is 5.46.